The molecule has 0 bridgehead atoms. The van der Waals surface area contributed by atoms with Crippen molar-refractivity contribution in [2.45, 2.75) is 40.5 Å². The van der Waals surface area contributed by atoms with Gasteiger partial charge < -0.3 is 4.42 Å². The lowest BCUT2D eigenvalue weighted by Crippen LogP contribution is -1.99. The van der Waals surface area contributed by atoms with Gasteiger partial charge in [-0.15, -0.1) is 0 Å². The quantitative estimate of drug-likeness (QED) is 0.426. The van der Waals surface area contributed by atoms with Gasteiger partial charge in [-0.2, -0.15) is 5.10 Å². The maximum Gasteiger partial charge on any atom is 0.0902 e. The molecule has 18 heavy (non-hydrogen) atoms. The summed E-state index contributed by atoms with van der Waals surface area (Å²) >= 11 is 2.17. The molecule has 0 saturated heterocycles. The SMILES string of the molecule is CC.CC1=C(C)/C(=N/NSI)CC1.c1ccoc1. The van der Waals surface area contributed by atoms with Crippen LogP contribution in [0.4, 0.5) is 0 Å². The van der Waals surface area contributed by atoms with Crippen LogP contribution in [0.1, 0.15) is 40.5 Å². The smallest absolute Gasteiger partial charge is 0.0902 e. The summed E-state index contributed by atoms with van der Waals surface area (Å²) in [7, 11) is 1.50. The second kappa shape index (κ2) is 11.6. The van der Waals surface area contributed by atoms with Crippen molar-refractivity contribution in [2.24, 2.45) is 5.10 Å². The first-order valence-corrected chi connectivity index (χ1v) is 9.34. The average Bonchev–Trinajstić information content (AvgIpc) is 3.07. The van der Waals surface area contributed by atoms with Crippen LogP contribution < -0.4 is 4.83 Å². The van der Waals surface area contributed by atoms with E-state index in [0.29, 0.717) is 0 Å². The Bertz CT molecular complexity index is 344. The molecule has 1 heterocycles. The summed E-state index contributed by atoms with van der Waals surface area (Å²) in [5.41, 5.74) is 4.05. The molecule has 102 valence electrons. The van der Waals surface area contributed by atoms with Gasteiger partial charge in [-0.05, 0) is 44.4 Å². The number of hydrogen-bond donors (Lipinski definition) is 1. The molecule has 1 N–H and O–H groups in total. The van der Waals surface area contributed by atoms with Gasteiger partial charge in [0.25, 0.3) is 0 Å². The molecule has 0 atom stereocenters. The monoisotopic (exact) mass is 380 g/mol. The summed E-state index contributed by atoms with van der Waals surface area (Å²) in [6.07, 6.45) is 5.53. The van der Waals surface area contributed by atoms with Gasteiger partial charge in [0.15, 0.2) is 0 Å². The highest BCUT2D eigenvalue weighted by molar-refractivity contribution is 14.2. The molecule has 0 radical (unpaired) electrons. The summed E-state index contributed by atoms with van der Waals surface area (Å²) in [6.45, 7) is 8.32. The van der Waals surface area contributed by atoms with Crippen LogP contribution in [0, 0.1) is 0 Å². The van der Waals surface area contributed by atoms with E-state index in [0.717, 1.165) is 6.42 Å². The Morgan fingerprint density at radius 1 is 1.22 bits per heavy atom. The summed E-state index contributed by atoms with van der Waals surface area (Å²) < 4.78 is 4.58. The Balaban J connectivity index is 0.000000343. The average molecular weight is 380 g/mol. The fraction of sp³-hybridized carbons (Fsp3) is 0.462. The molecule has 0 fully saturated rings. The molecule has 0 saturated carbocycles. The third-order valence-corrected chi connectivity index (χ3v) is 3.20. The molecular formula is C13H21IN2OS. The molecule has 1 aromatic heterocycles. The maximum atomic E-state index is 4.58. The number of hydrogen-bond acceptors (Lipinski definition) is 4. The highest BCUT2D eigenvalue weighted by atomic mass is 127. The van der Waals surface area contributed by atoms with Crippen LogP contribution in [0.2, 0.25) is 0 Å². The van der Waals surface area contributed by atoms with E-state index in [1.807, 2.05) is 26.0 Å². The molecule has 5 heteroatoms. The molecule has 1 aliphatic rings. The molecular weight excluding hydrogens is 359 g/mol. The topological polar surface area (TPSA) is 37.5 Å². The van der Waals surface area contributed by atoms with Gasteiger partial charge in [0, 0.05) is 30.3 Å². The summed E-state index contributed by atoms with van der Waals surface area (Å²) in [4.78, 5) is 2.90. The van der Waals surface area contributed by atoms with E-state index < -0.39 is 0 Å². The number of rotatable bonds is 2. The van der Waals surface area contributed by atoms with E-state index in [4.69, 9.17) is 0 Å². The van der Waals surface area contributed by atoms with E-state index in [-0.39, 0.29) is 0 Å². The number of hydrazone groups is 1. The zero-order valence-electron chi connectivity index (χ0n) is 11.4. The van der Waals surface area contributed by atoms with E-state index in [1.165, 1.54) is 32.4 Å². The van der Waals surface area contributed by atoms with Gasteiger partial charge in [0.2, 0.25) is 0 Å². The Hall–Kier alpha value is -0.430. The van der Waals surface area contributed by atoms with Crippen LogP contribution in [0.25, 0.3) is 0 Å². The van der Waals surface area contributed by atoms with Gasteiger partial charge in [-0.3, -0.25) is 0 Å². The lowest BCUT2D eigenvalue weighted by Gasteiger charge is -1.97. The number of nitrogens with one attached hydrogen (secondary N) is 1. The second-order valence-electron chi connectivity index (χ2n) is 3.43. The predicted octanol–water partition coefficient (Wildman–Crippen LogP) is 5.37. The molecule has 0 spiro atoms. The second-order valence-corrected chi connectivity index (χ2v) is 5.08. The van der Waals surface area contributed by atoms with Crippen LogP contribution in [0.15, 0.2) is 45.3 Å². The third kappa shape index (κ3) is 7.10. The van der Waals surface area contributed by atoms with Crippen molar-refractivity contribution in [3.8, 4) is 0 Å². The fourth-order valence-corrected chi connectivity index (χ4v) is 1.81. The molecule has 0 unspecified atom stereocenters. The maximum absolute atomic E-state index is 4.58. The fourth-order valence-electron chi connectivity index (χ4n) is 1.37. The molecule has 0 amide bonds. The molecule has 1 aliphatic carbocycles. The van der Waals surface area contributed by atoms with E-state index in [1.54, 1.807) is 12.5 Å². The Morgan fingerprint density at radius 3 is 2.17 bits per heavy atom. The first-order chi connectivity index (χ1) is 8.75. The number of furan rings is 1. The molecule has 0 aromatic carbocycles. The molecule has 3 nitrogen and oxygen atoms in total. The predicted molar refractivity (Wildman–Crippen MR) is 89.8 cm³/mol. The van der Waals surface area contributed by atoms with Crippen LogP contribution >= 0.6 is 30.3 Å². The van der Waals surface area contributed by atoms with Gasteiger partial charge in [0.05, 0.1) is 18.2 Å². The summed E-state index contributed by atoms with van der Waals surface area (Å²) in [6, 6.07) is 3.67. The van der Waals surface area contributed by atoms with Crippen molar-refractivity contribution >= 4 is 36.0 Å². The Morgan fingerprint density at radius 2 is 1.83 bits per heavy atom. The van der Waals surface area contributed by atoms with Crippen molar-refractivity contribution in [1.29, 1.82) is 0 Å². The standard InChI is InChI=1S/C7H11IN2S.C4H4O.C2H6/c1-5-3-4-7(6(5)2)9-10-11-8;1-2-4-5-3-1;1-2/h10H,3-4H2,1-2H3;1-4H;1-2H3/b9-7+;;. The van der Waals surface area contributed by atoms with Crippen molar-refractivity contribution < 1.29 is 4.42 Å². The van der Waals surface area contributed by atoms with E-state index >= 15 is 0 Å². The van der Waals surface area contributed by atoms with Gasteiger partial charge in [-0.1, -0.05) is 19.4 Å². The summed E-state index contributed by atoms with van der Waals surface area (Å²) in [5, 5.41) is 4.24. The van der Waals surface area contributed by atoms with Crippen molar-refractivity contribution in [3.63, 3.8) is 0 Å². The molecule has 1 aromatic rings. The highest BCUT2D eigenvalue weighted by Gasteiger charge is 2.13. The Labute approximate surface area is 126 Å². The summed E-state index contributed by atoms with van der Waals surface area (Å²) in [5.74, 6) is 0. The van der Waals surface area contributed by atoms with Gasteiger partial charge >= 0.3 is 0 Å². The van der Waals surface area contributed by atoms with E-state index in [9.17, 15) is 0 Å². The van der Waals surface area contributed by atoms with Crippen LogP contribution in [-0.2, 0) is 0 Å². The van der Waals surface area contributed by atoms with E-state index in [2.05, 4.69) is 49.4 Å². The Kier molecular flexibility index (Phi) is 11.4. The number of allylic oxidation sites excluding steroid dienone is 2. The van der Waals surface area contributed by atoms with Crippen LogP contribution in [0.3, 0.4) is 0 Å². The number of halogens is 1. The minimum absolute atomic E-state index is 1.10. The lowest BCUT2D eigenvalue weighted by molar-refractivity contribution is 0.567. The van der Waals surface area contributed by atoms with Gasteiger partial charge in [-0.25, -0.2) is 4.83 Å². The zero-order chi connectivity index (χ0) is 13.8. The minimum Gasteiger partial charge on any atom is -0.473 e. The largest absolute Gasteiger partial charge is 0.473 e. The van der Waals surface area contributed by atoms with Crippen molar-refractivity contribution in [1.82, 2.24) is 4.83 Å². The minimum atomic E-state index is 1.10. The van der Waals surface area contributed by atoms with Gasteiger partial charge in [0.1, 0.15) is 0 Å². The van der Waals surface area contributed by atoms with Crippen LogP contribution in [0.5, 0.6) is 0 Å². The normalized spacial score (nSPS) is 15.7. The number of nitrogens with zero attached hydrogens (tertiary/aromatic N) is 1. The molecule has 0 aliphatic heterocycles. The third-order valence-electron chi connectivity index (χ3n) is 2.45. The lowest BCUT2D eigenvalue weighted by atomic mass is 10.2. The molecule has 2 rings (SSSR count). The van der Waals surface area contributed by atoms with Crippen molar-refractivity contribution in [3.05, 3.63) is 35.8 Å². The zero-order valence-corrected chi connectivity index (χ0v) is 14.3. The van der Waals surface area contributed by atoms with Crippen LogP contribution in [-0.4, -0.2) is 5.71 Å². The van der Waals surface area contributed by atoms with Crippen molar-refractivity contribution in [2.75, 3.05) is 0 Å². The first kappa shape index (κ1) is 17.6. The first-order valence-electron chi connectivity index (χ1n) is 5.98. The highest BCUT2D eigenvalue weighted by Crippen LogP contribution is 2.22.